The Morgan fingerprint density at radius 2 is 1.95 bits per heavy atom. The van der Waals surface area contributed by atoms with Crippen molar-refractivity contribution in [3.05, 3.63) is 16.1 Å². The zero-order valence-electron chi connectivity index (χ0n) is 13.4. The molecule has 0 aromatic carbocycles. The third-order valence-corrected chi connectivity index (χ3v) is 4.70. The maximum absolute atomic E-state index is 4.52. The van der Waals surface area contributed by atoms with Gasteiger partial charge in [0.15, 0.2) is 0 Å². The molecule has 3 nitrogen and oxygen atoms in total. The molecule has 0 saturated carbocycles. The maximum atomic E-state index is 4.52. The lowest BCUT2D eigenvalue weighted by Crippen LogP contribution is -2.41. The minimum Gasteiger partial charge on any atom is -0.310 e. The molecule has 0 bridgehead atoms. The SMILES string of the molecule is CC(C)C(CNCc1cnc(C(C)(C)C)s1)N(C)C. The standard InChI is InChI=1S/C15H29N3S/c1-11(2)13(18(6)7)10-16-8-12-9-17-14(19-12)15(3,4)5/h9,11,13,16H,8,10H2,1-7H3. The number of likely N-dealkylation sites (N-methyl/N-ethyl adjacent to an activating group) is 1. The summed E-state index contributed by atoms with van der Waals surface area (Å²) >= 11 is 1.82. The first-order valence-electron chi connectivity index (χ1n) is 7.04. The number of aromatic nitrogens is 1. The lowest BCUT2D eigenvalue weighted by Gasteiger charge is -2.28. The second kappa shape index (κ2) is 6.82. The average Bonchev–Trinajstić information content (AvgIpc) is 2.71. The van der Waals surface area contributed by atoms with E-state index in [9.17, 15) is 0 Å². The molecule has 0 radical (unpaired) electrons. The number of nitrogens with zero attached hydrogens (tertiary/aromatic N) is 2. The number of hydrogen-bond donors (Lipinski definition) is 1. The van der Waals surface area contributed by atoms with Crippen molar-refractivity contribution in [3.8, 4) is 0 Å². The largest absolute Gasteiger partial charge is 0.310 e. The van der Waals surface area contributed by atoms with Crippen LogP contribution < -0.4 is 5.32 Å². The zero-order valence-corrected chi connectivity index (χ0v) is 14.3. The highest BCUT2D eigenvalue weighted by molar-refractivity contribution is 7.11. The first-order valence-corrected chi connectivity index (χ1v) is 7.85. The van der Waals surface area contributed by atoms with Gasteiger partial charge in [0.25, 0.3) is 0 Å². The van der Waals surface area contributed by atoms with Gasteiger partial charge in [-0.05, 0) is 20.0 Å². The highest BCUT2D eigenvalue weighted by Gasteiger charge is 2.18. The summed E-state index contributed by atoms with van der Waals surface area (Å²) in [5.74, 6) is 0.661. The van der Waals surface area contributed by atoms with Crippen molar-refractivity contribution in [1.82, 2.24) is 15.2 Å². The normalized spacial score (nSPS) is 14.4. The highest BCUT2D eigenvalue weighted by atomic mass is 32.1. The molecule has 0 fully saturated rings. The lowest BCUT2D eigenvalue weighted by molar-refractivity contribution is 0.224. The number of nitrogens with one attached hydrogen (secondary N) is 1. The average molecular weight is 283 g/mol. The Kier molecular flexibility index (Phi) is 5.96. The molecule has 0 amide bonds. The molecule has 19 heavy (non-hydrogen) atoms. The third kappa shape index (κ3) is 5.21. The van der Waals surface area contributed by atoms with Crippen LogP contribution in [0.3, 0.4) is 0 Å². The molecular formula is C15H29N3S. The molecule has 1 atom stereocenters. The van der Waals surface area contributed by atoms with Gasteiger partial charge in [-0.15, -0.1) is 11.3 Å². The second-order valence-corrected chi connectivity index (χ2v) is 7.90. The van der Waals surface area contributed by atoms with E-state index in [1.54, 1.807) is 0 Å². The third-order valence-electron chi connectivity index (χ3n) is 3.28. The molecule has 0 aliphatic heterocycles. The summed E-state index contributed by atoms with van der Waals surface area (Å²) in [7, 11) is 4.30. The Balaban J connectivity index is 2.47. The van der Waals surface area contributed by atoms with Crippen molar-refractivity contribution in [2.24, 2.45) is 5.92 Å². The van der Waals surface area contributed by atoms with Crippen LogP contribution in [-0.4, -0.2) is 36.6 Å². The van der Waals surface area contributed by atoms with Gasteiger partial charge in [0.2, 0.25) is 0 Å². The van der Waals surface area contributed by atoms with Gasteiger partial charge < -0.3 is 10.2 Å². The summed E-state index contributed by atoms with van der Waals surface area (Å²) in [6.45, 7) is 13.1. The quantitative estimate of drug-likeness (QED) is 0.869. The predicted octanol–water partition coefficient (Wildman–Crippen LogP) is 3.12. The smallest absolute Gasteiger partial charge is 0.0981 e. The topological polar surface area (TPSA) is 28.2 Å². The van der Waals surface area contributed by atoms with Crippen molar-refractivity contribution in [1.29, 1.82) is 0 Å². The van der Waals surface area contributed by atoms with Crippen LogP contribution >= 0.6 is 11.3 Å². The van der Waals surface area contributed by atoms with E-state index in [0.29, 0.717) is 12.0 Å². The summed E-state index contributed by atoms with van der Waals surface area (Å²) < 4.78 is 0. The molecule has 1 aromatic heterocycles. The van der Waals surface area contributed by atoms with Gasteiger partial charge in [-0.2, -0.15) is 0 Å². The molecule has 0 spiro atoms. The number of thiazole rings is 1. The molecule has 0 aliphatic rings. The number of rotatable bonds is 6. The van der Waals surface area contributed by atoms with E-state index in [1.165, 1.54) is 9.88 Å². The molecule has 110 valence electrons. The van der Waals surface area contributed by atoms with Gasteiger partial charge in [0.1, 0.15) is 0 Å². The molecule has 0 saturated heterocycles. The van der Waals surface area contributed by atoms with Crippen LogP contribution in [0, 0.1) is 5.92 Å². The van der Waals surface area contributed by atoms with Crippen molar-refractivity contribution in [2.45, 2.75) is 52.6 Å². The fraction of sp³-hybridized carbons (Fsp3) is 0.800. The summed E-state index contributed by atoms with van der Waals surface area (Å²) in [4.78, 5) is 8.15. The maximum Gasteiger partial charge on any atom is 0.0981 e. The first-order chi connectivity index (χ1) is 8.71. The van der Waals surface area contributed by atoms with Gasteiger partial charge in [-0.25, -0.2) is 4.98 Å². The Morgan fingerprint density at radius 1 is 1.32 bits per heavy atom. The van der Waals surface area contributed by atoms with Gasteiger partial charge in [-0.1, -0.05) is 34.6 Å². The number of hydrogen-bond acceptors (Lipinski definition) is 4. The fourth-order valence-corrected chi connectivity index (χ4v) is 3.03. The van der Waals surface area contributed by atoms with Gasteiger partial charge in [0.05, 0.1) is 5.01 Å². The van der Waals surface area contributed by atoms with Crippen LogP contribution in [0.15, 0.2) is 6.20 Å². The Hall–Kier alpha value is -0.450. The molecular weight excluding hydrogens is 254 g/mol. The van der Waals surface area contributed by atoms with Crippen molar-refractivity contribution in [2.75, 3.05) is 20.6 Å². The van der Waals surface area contributed by atoms with Crippen molar-refractivity contribution >= 4 is 11.3 Å². The van der Waals surface area contributed by atoms with Crippen LogP contribution in [0.5, 0.6) is 0 Å². The summed E-state index contributed by atoms with van der Waals surface area (Å²) in [6.07, 6.45) is 2.01. The van der Waals surface area contributed by atoms with Crippen molar-refractivity contribution < 1.29 is 0 Å². The first kappa shape index (κ1) is 16.6. The molecule has 4 heteroatoms. The van der Waals surface area contributed by atoms with E-state index in [-0.39, 0.29) is 5.41 Å². The fourth-order valence-electron chi connectivity index (χ4n) is 2.09. The van der Waals surface area contributed by atoms with E-state index in [2.05, 4.69) is 63.9 Å². The van der Waals surface area contributed by atoms with E-state index in [0.717, 1.165) is 13.1 Å². The molecule has 1 N–H and O–H groups in total. The Labute approximate surface area is 122 Å². The zero-order chi connectivity index (χ0) is 14.6. The molecule has 1 rings (SSSR count). The van der Waals surface area contributed by atoms with Crippen LogP contribution in [0.1, 0.15) is 44.5 Å². The van der Waals surface area contributed by atoms with Gasteiger partial charge in [0, 0.05) is 35.6 Å². The Morgan fingerprint density at radius 3 is 2.37 bits per heavy atom. The van der Waals surface area contributed by atoms with Crippen LogP contribution in [-0.2, 0) is 12.0 Å². The molecule has 0 aliphatic carbocycles. The minimum absolute atomic E-state index is 0.160. The molecule has 1 aromatic rings. The summed E-state index contributed by atoms with van der Waals surface area (Å²) in [6, 6.07) is 0.579. The van der Waals surface area contributed by atoms with Crippen molar-refractivity contribution in [3.63, 3.8) is 0 Å². The van der Waals surface area contributed by atoms with Crippen LogP contribution in [0.4, 0.5) is 0 Å². The lowest BCUT2D eigenvalue weighted by atomic mass is 9.98. The summed E-state index contributed by atoms with van der Waals surface area (Å²) in [5, 5.41) is 4.78. The molecule has 1 heterocycles. The Bertz CT molecular complexity index is 369. The summed E-state index contributed by atoms with van der Waals surface area (Å²) in [5.41, 5.74) is 0.160. The highest BCUT2D eigenvalue weighted by Crippen LogP contribution is 2.26. The molecule has 1 unspecified atom stereocenters. The monoisotopic (exact) mass is 283 g/mol. The van der Waals surface area contributed by atoms with Gasteiger partial charge >= 0.3 is 0 Å². The van der Waals surface area contributed by atoms with E-state index in [4.69, 9.17) is 0 Å². The van der Waals surface area contributed by atoms with E-state index >= 15 is 0 Å². The second-order valence-electron chi connectivity index (χ2n) is 6.79. The van der Waals surface area contributed by atoms with E-state index < -0.39 is 0 Å². The van der Waals surface area contributed by atoms with E-state index in [1.807, 2.05) is 17.5 Å². The van der Waals surface area contributed by atoms with Gasteiger partial charge in [-0.3, -0.25) is 0 Å². The van der Waals surface area contributed by atoms with Crippen LogP contribution in [0.25, 0.3) is 0 Å². The predicted molar refractivity (Wildman–Crippen MR) is 84.8 cm³/mol. The minimum atomic E-state index is 0.160. The van der Waals surface area contributed by atoms with Crippen LogP contribution in [0.2, 0.25) is 0 Å².